The number of nitrogens with zero attached hydrogens (tertiary/aromatic N) is 1. The summed E-state index contributed by atoms with van der Waals surface area (Å²) >= 11 is 0. The smallest absolute Gasteiger partial charge is 0.352 e. The third-order valence-electron chi connectivity index (χ3n) is 2.72. The standard InChI is InChI=1S/C11H14N2O4/c1-11(6-12-7-11)17-9-5-3-4-8(16-2)10(9)13(14)15/h3-5,12H,6-7H2,1-2H3. The molecule has 0 spiro atoms. The van der Waals surface area contributed by atoms with Gasteiger partial charge in [-0.3, -0.25) is 10.1 Å². The van der Waals surface area contributed by atoms with Crippen LogP contribution in [-0.2, 0) is 0 Å². The molecule has 1 aromatic carbocycles. The average molecular weight is 238 g/mol. The van der Waals surface area contributed by atoms with E-state index in [-0.39, 0.29) is 22.8 Å². The summed E-state index contributed by atoms with van der Waals surface area (Å²) in [5.41, 5.74) is -0.500. The number of hydrogen-bond acceptors (Lipinski definition) is 5. The topological polar surface area (TPSA) is 73.6 Å². The lowest BCUT2D eigenvalue weighted by Crippen LogP contribution is -2.61. The fourth-order valence-electron chi connectivity index (χ4n) is 1.74. The highest BCUT2D eigenvalue weighted by Gasteiger charge is 2.36. The van der Waals surface area contributed by atoms with Gasteiger partial charge in [0.15, 0.2) is 0 Å². The first kappa shape index (κ1) is 11.7. The van der Waals surface area contributed by atoms with Crippen LogP contribution in [0.3, 0.4) is 0 Å². The van der Waals surface area contributed by atoms with Crippen molar-refractivity contribution in [3.05, 3.63) is 28.3 Å². The summed E-state index contributed by atoms with van der Waals surface area (Å²) in [5.74, 6) is 0.460. The third kappa shape index (κ3) is 2.16. The molecule has 1 N–H and O–H groups in total. The van der Waals surface area contributed by atoms with Gasteiger partial charge < -0.3 is 14.8 Å². The molecule has 1 saturated heterocycles. The maximum Gasteiger partial charge on any atom is 0.352 e. The van der Waals surface area contributed by atoms with Crippen LogP contribution in [0.2, 0.25) is 0 Å². The fraction of sp³-hybridized carbons (Fsp3) is 0.455. The Morgan fingerprint density at radius 1 is 1.41 bits per heavy atom. The molecule has 2 rings (SSSR count). The molecular weight excluding hydrogens is 224 g/mol. The van der Waals surface area contributed by atoms with Crippen molar-refractivity contribution in [1.82, 2.24) is 5.32 Å². The summed E-state index contributed by atoms with van der Waals surface area (Å²) in [6.07, 6.45) is 0. The molecule has 1 fully saturated rings. The van der Waals surface area contributed by atoms with Gasteiger partial charge in [0.05, 0.1) is 12.0 Å². The monoisotopic (exact) mass is 238 g/mol. The van der Waals surface area contributed by atoms with Gasteiger partial charge in [-0.2, -0.15) is 0 Å². The number of nitrogens with one attached hydrogen (secondary N) is 1. The number of benzene rings is 1. The second-order valence-electron chi connectivity index (χ2n) is 4.22. The Morgan fingerprint density at radius 3 is 2.53 bits per heavy atom. The number of rotatable bonds is 4. The largest absolute Gasteiger partial charge is 0.490 e. The Labute approximate surface area is 98.7 Å². The van der Waals surface area contributed by atoms with Crippen molar-refractivity contribution < 1.29 is 14.4 Å². The van der Waals surface area contributed by atoms with Crippen LogP contribution < -0.4 is 14.8 Å². The van der Waals surface area contributed by atoms with E-state index in [4.69, 9.17) is 9.47 Å². The van der Waals surface area contributed by atoms with Crippen LogP contribution >= 0.6 is 0 Å². The third-order valence-corrected chi connectivity index (χ3v) is 2.72. The lowest BCUT2D eigenvalue weighted by Gasteiger charge is -2.39. The quantitative estimate of drug-likeness (QED) is 0.633. The van der Waals surface area contributed by atoms with E-state index >= 15 is 0 Å². The van der Waals surface area contributed by atoms with Crippen LogP contribution in [0.15, 0.2) is 18.2 Å². The van der Waals surface area contributed by atoms with E-state index in [2.05, 4.69) is 5.32 Å². The summed E-state index contributed by atoms with van der Waals surface area (Å²) in [6.45, 7) is 3.27. The van der Waals surface area contributed by atoms with Gasteiger partial charge in [-0.15, -0.1) is 0 Å². The second-order valence-corrected chi connectivity index (χ2v) is 4.22. The molecule has 0 aromatic heterocycles. The molecule has 0 amide bonds. The maximum absolute atomic E-state index is 11.0. The minimum absolute atomic E-state index is 0.122. The predicted molar refractivity (Wildman–Crippen MR) is 61.6 cm³/mol. The normalized spacial score (nSPS) is 17.1. The number of nitro groups is 1. The van der Waals surface area contributed by atoms with Crippen LogP contribution in [-0.4, -0.2) is 30.7 Å². The summed E-state index contributed by atoms with van der Waals surface area (Å²) in [7, 11) is 1.40. The number of para-hydroxylation sites is 1. The molecule has 92 valence electrons. The molecule has 17 heavy (non-hydrogen) atoms. The molecule has 0 saturated carbocycles. The first-order valence-corrected chi connectivity index (χ1v) is 5.27. The Bertz CT molecular complexity index is 443. The zero-order chi connectivity index (χ0) is 12.5. The Morgan fingerprint density at radius 2 is 2.06 bits per heavy atom. The van der Waals surface area contributed by atoms with Crippen molar-refractivity contribution in [2.45, 2.75) is 12.5 Å². The van der Waals surface area contributed by atoms with Gasteiger partial charge in [0, 0.05) is 13.1 Å². The van der Waals surface area contributed by atoms with Gasteiger partial charge in [-0.25, -0.2) is 0 Å². The van der Waals surface area contributed by atoms with E-state index in [0.717, 1.165) is 0 Å². The van der Waals surface area contributed by atoms with Crippen molar-refractivity contribution in [2.75, 3.05) is 20.2 Å². The SMILES string of the molecule is COc1cccc(OC2(C)CNC2)c1[N+](=O)[O-]. The minimum Gasteiger partial charge on any atom is -0.490 e. The van der Waals surface area contributed by atoms with Crippen molar-refractivity contribution >= 4 is 5.69 Å². The van der Waals surface area contributed by atoms with E-state index in [1.807, 2.05) is 6.92 Å². The molecule has 0 unspecified atom stereocenters. The fourth-order valence-corrected chi connectivity index (χ4v) is 1.74. The lowest BCUT2D eigenvalue weighted by molar-refractivity contribution is -0.387. The van der Waals surface area contributed by atoms with Crippen LogP contribution in [0.1, 0.15) is 6.92 Å². The average Bonchev–Trinajstić information content (AvgIpc) is 2.26. The van der Waals surface area contributed by atoms with E-state index in [1.165, 1.54) is 7.11 Å². The molecule has 1 aliphatic heterocycles. The molecule has 0 bridgehead atoms. The van der Waals surface area contributed by atoms with Crippen molar-refractivity contribution in [1.29, 1.82) is 0 Å². The van der Waals surface area contributed by atoms with Crippen LogP contribution in [0.25, 0.3) is 0 Å². The van der Waals surface area contributed by atoms with Crippen molar-refractivity contribution in [3.8, 4) is 11.5 Å². The highest BCUT2D eigenvalue weighted by Crippen LogP contribution is 2.38. The van der Waals surface area contributed by atoms with Gasteiger partial charge in [0.1, 0.15) is 5.60 Å². The maximum atomic E-state index is 11.0. The molecule has 6 heteroatoms. The number of ether oxygens (including phenoxy) is 2. The molecular formula is C11H14N2O4. The Balaban J connectivity index is 2.35. The van der Waals surface area contributed by atoms with Gasteiger partial charge in [-0.05, 0) is 19.1 Å². The number of hydrogen-bond donors (Lipinski definition) is 1. The Kier molecular flexibility index (Phi) is 2.89. The number of nitro benzene ring substituents is 1. The van der Waals surface area contributed by atoms with Crippen molar-refractivity contribution in [3.63, 3.8) is 0 Å². The van der Waals surface area contributed by atoms with E-state index in [0.29, 0.717) is 13.1 Å². The second kappa shape index (κ2) is 4.21. The molecule has 1 heterocycles. The molecule has 1 aliphatic rings. The van der Waals surface area contributed by atoms with Gasteiger partial charge in [0.2, 0.25) is 11.5 Å². The molecule has 1 aromatic rings. The van der Waals surface area contributed by atoms with E-state index < -0.39 is 4.92 Å². The highest BCUT2D eigenvalue weighted by molar-refractivity contribution is 5.57. The van der Waals surface area contributed by atoms with Gasteiger partial charge in [-0.1, -0.05) is 6.07 Å². The highest BCUT2D eigenvalue weighted by atomic mass is 16.6. The molecule has 0 radical (unpaired) electrons. The first-order chi connectivity index (χ1) is 8.06. The van der Waals surface area contributed by atoms with Crippen LogP contribution in [0.4, 0.5) is 5.69 Å². The molecule has 0 aliphatic carbocycles. The summed E-state index contributed by atoms with van der Waals surface area (Å²) in [6, 6.07) is 4.81. The summed E-state index contributed by atoms with van der Waals surface area (Å²) in [5, 5.41) is 14.1. The van der Waals surface area contributed by atoms with Crippen molar-refractivity contribution in [2.24, 2.45) is 0 Å². The predicted octanol–water partition coefficient (Wildman–Crippen LogP) is 1.34. The number of methoxy groups -OCH3 is 1. The zero-order valence-corrected chi connectivity index (χ0v) is 9.73. The first-order valence-electron chi connectivity index (χ1n) is 5.27. The van der Waals surface area contributed by atoms with Gasteiger partial charge in [0.25, 0.3) is 0 Å². The molecule has 6 nitrogen and oxygen atoms in total. The van der Waals surface area contributed by atoms with E-state index in [9.17, 15) is 10.1 Å². The Hall–Kier alpha value is -1.82. The summed E-state index contributed by atoms with van der Waals surface area (Å²) in [4.78, 5) is 10.5. The lowest BCUT2D eigenvalue weighted by atomic mass is 10.00. The summed E-state index contributed by atoms with van der Waals surface area (Å²) < 4.78 is 10.7. The van der Waals surface area contributed by atoms with Crippen LogP contribution in [0.5, 0.6) is 11.5 Å². The van der Waals surface area contributed by atoms with Crippen LogP contribution in [0, 0.1) is 10.1 Å². The van der Waals surface area contributed by atoms with E-state index in [1.54, 1.807) is 18.2 Å². The minimum atomic E-state index is -0.483. The molecule has 0 atom stereocenters. The zero-order valence-electron chi connectivity index (χ0n) is 9.73. The van der Waals surface area contributed by atoms with Gasteiger partial charge >= 0.3 is 5.69 Å².